The SMILES string of the molecule is O=C(COc1ccccc1C(=O)Nc1ccccc1)Nc1ccc(F)cc1. The van der Waals surface area contributed by atoms with E-state index in [-0.39, 0.29) is 18.3 Å². The number of amides is 2. The molecule has 0 radical (unpaired) electrons. The Bertz CT molecular complexity index is 928. The molecular formula is C21H17FN2O3. The second kappa shape index (κ2) is 8.62. The van der Waals surface area contributed by atoms with Crippen LogP contribution in [0.2, 0.25) is 0 Å². The Morgan fingerprint density at radius 2 is 1.41 bits per heavy atom. The van der Waals surface area contributed by atoms with Crippen LogP contribution in [0.25, 0.3) is 0 Å². The molecule has 136 valence electrons. The predicted molar refractivity (Wildman–Crippen MR) is 101 cm³/mol. The third-order valence-corrected chi connectivity index (χ3v) is 3.65. The van der Waals surface area contributed by atoms with Crippen molar-refractivity contribution in [2.45, 2.75) is 0 Å². The third-order valence-electron chi connectivity index (χ3n) is 3.65. The standard InChI is InChI=1S/C21H17FN2O3/c22-15-10-12-17(13-11-15)23-20(25)14-27-19-9-5-4-8-18(19)21(26)24-16-6-2-1-3-7-16/h1-13H,14H2,(H,23,25)(H,24,26). The van der Waals surface area contributed by atoms with E-state index in [9.17, 15) is 14.0 Å². The Labute approximate surface area is 155 Å². The second-order valence-corrected chi connectivity index (χ2v) is 5.66. The van der Waals surface area contributed by atoms with Crippen molar-refractivity contribution >= 4 is 23.2 Å². The van der Waals surface area contributed by atoms with Gasteiger partial charge >= 0.3 is 0 Å². The fraction of sp³-hybridized carbons (Fsp3) is 0.0476. The summed E-state index contributed by atoms with van der Waals surface area (Å²) in [6.07, 6.45) is 0. The first kappa shape index (κ1) is 18.1. The third kappa shape index (κ3) is 5.15. The molecule has 0 atom stereocenters. The Morgan fingerprint density at radius 1 is 0.778 bits per heavy atom. The van der Waals surface area contributed by atoms with Crippen molar-refractivity contribution in [3.8, 4) is 5.75 Å². The summed E-state index contributed by atoms with van der Waals surface area (Å²) in [6.45, 7) is -0.285. The van der Waals surface area contributed by atoms with Crippen molar-refractivity contribution in [1.29, 1.82) is 0 Å². The van der Waals surface area contributed by atoms with Gasteiger partial charge in [0.25, 0.3) is 11.8 Å². The van der Waals surface area contributed by atoms with E-state index in [0.717, 1.165) is 0 Å². The molecule has 2 N–H and O–H groups in total. The molecule has 0 unspecified atom stereocenters. The molecule has 0 aliphatic heterocycles. The van der Waals surface area contributed by atoms with E-state index in [2.05, 4.69) is 10.6 Å². The van der Waals surface area contributed by atoms with Crippen LogP contribution < -0.4 is 15.4 Å². The molecule has 0 bridgehead atoms. The fourth-order valence-corrected chi connectivity index (χ4v) is 2.37. The number of benzene rings is 3. The van der Waals surface area contributed by atoms with E-state index >= 15 is 0 Å². The topological polar surface area (TPSA) is 67.4 Å². The molecule has 0 aliphatic rings. The first-order valence-electron chi connectivity index (χ1n) is 8.25. The molecule has 0 fully saturated rings. The number of para-hydroxylation sites is 2. The molecule has 0 heterocycles. The summed E-state index contributed by atoms with van der Waals surface area (Å²) >= 11 is 0. The molecule has 3 aromatic carbocycles. The minimum atomic E-state index is -0.417. The quantitative estimate of drug-likeness (QED) is 0.692. The number of carbonyl (C=O) groups is 2. The largest absolute Gasteiger partial charge is 0.483 e. The van der Waals surface area contributed by atoms with Gasteiger partial charge in [-0.2, -0.15) is 0 Å². The van der Waals surface area contributed by atoms with Gasteiger partial charge in [0.15, 0.2) is 6.61 Å². The Balaban J connectivity index is 1.62. The number of rotatable bonds is 6. The highest BCUT2D eigenvalue weighted by Crippen LogP contribution is 2.20. The van der Waals surface area contributed by atoms with Gasteiger partial charge in [-0.05, 0) is 48.5 Å². The summed E-state index contributed by atoms with van der Waals surface area (Å²) in [5, 5.41) is 5.37. The summed E-state index contributed by atoms with van der Waals surface area (Å²) in [5.74, 6) is -0.849. The maximum absolute atomic E-state index is 12.9. The highest BCUT2D eigenvalue weighted by atomic mass is 19.1. The van der Waals surface area contributed by atoms with E-state index < -0.39 is 5.91 Å². The van der Waals surface area contributed by atoms with Crippen molar-refractivity contribution in [2.75, 3.05) is 17.2 Å². The van der Waals surface area contributed by atoms with Gasteiger partial charge < -0.3 is 15.4 Å². The molecule has 0 spiro atoms. The van der Waals surface area contributed by atoms with Gasteiger partial charge in [-0.25, -0.2) is 4.39 Å². The van der Waals surface area contributed by atoms with Crippen LogP contribution in [0.3, 0.4) is 0 Å². The zero-order valence-corrected chi connectivity index (χ0v) is 14.3. The van der Waals surface area contributed by atoms with Crippen molar-refractivity contribution < 1.29 is 18.7 Å². The van der Waals surface area contributed by atoms with Gasteiger partial charge in [-0.1, -0.05) is 30.3 Å². The fourth-order valence-electron chi connectivity index (χ4n) is 2.37. The number of anilines is 2. The van der Waals surface area contributed by atoms with Gasteiger partial charge in [-0.15, -0.1) is 0 Å². The van der Waals surface area contributed by atoms with Crippen molar-refractivity contribution in [3.05, 3.63) is 90.2 Å². The van der Waals surface area contributed by atoms with Crippen LogP contribution in [0, 0.1) is 5.82 Å². The maximum atomic E-state index is 12.9. The molecule has 6 heteroatoms. The highest BCUT2D eigenvalue weighted by molar-refractivity contribution is 6.06. The Kier molecular flexibility index (Phi) is 5.79. The van der Waals surface area contributed by atoms with Crippen molar-refractivity contribution in [2.24, 2.45) is 0 Å². The van der Waals surface area contributed by atoms with E-state index in [1.54, 1.807) is 36.4 Å². The molecule has 2 amide bonds. The number of hydrogen-bond donors (Lipinski definition) is 2. The molecule has 3 aromatic rings. The van der Waals surface area contributed by atoms with Crippen LogP contribution in [0.1, 0.15) is 10.4 Å². The van der Waals surface area contributed by atoms with Crippen molar-refractivity contribution in [1.82, 2.24) is 0 Å². The molecule has 0 aliphatic carbocycles. The monoisotopic (exact) mass is 364 g/mol. The molecule has 0 saturated heterocycles. The maximum Gasteiger partial charge on any atom is 0.262 e. The van der Waals surface area contributed by atoms with Gasteiger partial charge in [-0.3, -0.25) is 9.59 Å². The highest BCUT2D eigenvalue weighted by Gasteiger charge is 2.13. The summed E-state index contributed by atoms with van der Waals surface area (Å²) < 4.78 is 18.4. The van der Waals surface area contributed by atoms with E-state index in [4.69, 9.17) is 4.74 Å². The van der Waals surface area contributed by atoms with Gasteiger partial charge in [0.1, 0.15) is 11.6 Å². The molecule has 5 nitrogen and oxygen atoms in total. The minimum absolute atomic E-state index is 0.285. The Morgan fingerprint density at radius 3 is 2.15 bits per heavy atom. The lowest BCUT2D eigenvalue weighted by atomic mass is 10.2. The van der Waals surface area contributed by atoms with Crippen LogP contribution in [-0.4, -0.2) is 18.4 Å². The summed E-state index contributed by atoms with van der Waals surface area (Å²) in [6, 6.07) is 21.1. The summed E-state index contributed by atoms with van der Waals surface area (Å²) in [7, 11) is 0. The second-order valence-electron chi connectivity index (χ2n) is 5.66. The lowest BCUT2D eigenvalue weighted by Crippen LogP contribution is -2.21. The van der Waals surface area contributed by atoms with Crippen LogP contribution in [0.4, 0.5) is 15.8 Å². The van der Waals surface area contributed by atoms with Crippen LogP contribution in [0.15, 0.2) is 78.9 Å². The van der Waals surface area contributed by atoms with E-state index in [1.807, 2.05) is 18.2 Å². The first-order valence-corrected chi connectivity index (χ1v) is 8.25. The molecule has 0 saturated carbocycles. The number of nitrogens with one attached hydrogen (secondary N) is 2. The van der Waals surface area contributed by atoms with E-state index in [1.165, 1.54) is 24.3 Å². The van der Waals surface area contributed by atoms with Gasteiger partial charge in [0, 0.05) is 11.4 Å². The van der Waals surface area contributed by atoms with Crippen LogP contribution in [-0.2, 0) is 4.79 Å². The molecular weight excluding hydrogens is 347 g/mol. The molecule has 27 heavy (non-hydrogen) atoms. The summed E-state index contributed by atoms with van der Waals surface area (Å²) in [5.41, 5.74) is 1.43. The van der Waals surface area contributed by atoms with Crippen LogP contribution >= 0.6 is 0 Å². The smallest absolute Gasteiger partial charge is 0.262 e. The Hall–Kier alpha value is -3.67. The zero-order valence-electron chi connectivity index (χ0n) is 14.3. The first-order chi connectivity index (χ1) is 13.1. The number of carbonyl (C=O) groups excluding carboxylic acids is 2. The number of halogens is 1. The normalized spacial score (nSPS) is 10.1. The summed E-state index contributed by atoms with van der Waals surface area (Å²) in [4.78, 5) is 24.5. The molecule has 0 aromatic heterocycles. The van der Waals surface area contributed by atoms with Crippen molar-refractivity contribution in [3.63, 3.8) is 0 Å². The lowest BCUT2D eigenvalue weighted by Gasteiger charge is -2.12. The number of hydrogen-bond acceptors (Lipinski definition) is 3. The van der Waals surface area contributed by atoms with Gasteiger partial charge in [0.05, 0.1) is 5.56 Å². The van der Waals surface area contributed by atoms with Gasteiger partial charge in [0.2, 0.25) is 0 Å². The van der Waals surface area contributed by atoms with Crippen LogP contribution in [0.5, 0.6) is 5.75 Å². The van der Waals surface area contributed by atoms with E-state index in [0.29, 0.717) is 22.7 Å². The molecule has 3 rings (SSSR count). The average Bonchev–Trinajstić information content (AvgIpc) is 2.69. The number of ether oxygens (including phenoxy) is 1. The average molecular weight is 364 g/mol. The predicted octanol–water partition coefficient (Wildman–Crippen LogP) is 4.10. The lowest BCUT2D eigenvalue weighted by molar-refractivity contribution is -0.118. The minimum Gasteiger partial charge on any atom is -0.483 e. The zero-order chi connectivity index (χ0) is 19.1.